The Morgan fingerprint density at radius 2 is 0.833 bits per heavy atom. The Kier molecular flexibility index (Phi) is 10.3. The van der Waals surface area contributed by atoms with E-state index in [2.05, 4.69) is 10.6 Å². The zero-order valence-electron chi connectivity index (χ0n) is 25.1. The lowest BCUT2D eigenvalue weighted by molar-refractivity contribution is 0.101. The van der Waals surface area contributed by atoms with Crippen molar-refractivity contribution in [1.29, 1.82) is 0 Å². The first-order valence-electron chi connectivity index (χ1n) is 13.6. The van der Waals surface area contributed by atoms with Crippen molar-refractivity contribution in [3.05, 3.63) is 107 Å². The molecule has 0 unspecified atom stereocenters. The van der Waals surface area contributed by atoms with Gasteiger partial charge in [-0.2, -0.15) is 16.8 Å². The Labute approximate surface area is 277 Å². The fraction of sp³-hybridized carbons (Fsp3) is 0.133. The quantitative estimate of drug-likeness (QED) is 0.162. The molecule has 0 fully saturated rings. The highest BCUT2D eigenvalue weighted by molar-refractivity contribution is 7.91. The van der Waals surface area contributed by atoms with E-state index in [0.717, 1.165) is 24.6 Å². The van der Waals surface area contributed by atoms with Gasteiger partial charge in [0.05, 0.1) is 19.6 Å². The molecule has 14 nitrogen and oxygen atoms in total. The first-order chi connectivity index (χ1) is 22.1. The minimum atomic E-state index is -4.85. The summed E-state index contributed by atoms with van der Waals surface area (Å²) < 4.78 is 115. The van der Waals surface area contributed by atoms with Crippen LogP contribution >= 0.6 is 0 Å². The third kappa shape index (κ3) is 9.12. The van der Waals surface area contributed by atoms with Crippen molar-refractivity contribution in [2.24, 2.45) is 0 Å². The number of hydrogen-bond donors (Lipinski definition) is 4. The number of anilines is 2. The van der Waals surface area contributed by atoms with Gasteiger partial charge in [-0.05, 0) is 96.8 Å². The number of sulfone groups is 2. The minimum Gasteiger partial charge on any atom is -0.322 e. The fourth-order valence-corrected chi connectivity index (χ4v) is 7.36. The Morgan fingerprint density at radius 1 is 0.521 bits per heavy atom. The van der Waals surface area contributed by atoms with Crippen molar-refractivity contribution >= 4 is 63.1 Å². The lowest BCUT2D eigenvalue weighted by Crippen LogP contribution is -2.14. The van der Waals surface area contributed by atoms with Gasteiger partial charge in [-0.25, -0.2) is 16.8 Å². The van der Waals surface area contributed by atoms with Gasteiger partial charge in [0, 0.05) is 35.0 Å². The second-order valence-corrected chi connectivity index (χ2v) is 17.4. The number of carbonyl (C=O) groups excluding carboxylic acids is 2. The summed E-state index contributed by atoms with van der Waals surface area (Å²) in [5, 5.41) is 4.93. The fourth-order valence-electron chi connectivity index (χ4n) is 4.54. The predicted octanol–water partition coefficient (Wildman–Crippen LogP) is 3.28. The normalized spacial score (nSPS) is 12.3. The van der Waals surface area contributed by atoms with Crippen LogP contribution in [0.4, 0.5) is 11.4 Å². The average molecular weight is 737 g/mol. The van der Waals surface area contributed by atoms with E-state index in [1.54, 1.807) is 0 Å². The zero-order chi connectivity index (χ0) is 35.7. The molecular formula is C30H28N2O12S4. The summed E-state index contributed by atoms with van der Waals surface area (Å²) in [7, 11) is -16.7. The maximum Gasteiger partial charge on any atom is 0.294 e. The lowest BCUT2D eigenvalue weighted by atomic mass is 10.0. The Balaban J connectivity index is 1.54. The third-order valence-corrected chi connectivity index (χ3v) is 11.1. The van der Waals surface area contributed by atoms with Gasteiger partial charge in [-0.15, -0.1) is 0 Å². The van der Waals surface area contributed by atoms with Gasteiger partial charge in [0.15, 0.2) is 19.7 Å². The van der Waals surface area contributed by atoms with Crippen molar-refractivity contribution < 1.29 is 52.4 Å². The van der Waals surface area contributed by atoms with Crippen LogP contribution in [0.2, 0.25) is 0 Å². The van der Waals surface area contributed by atoms with Crippen molar-refractivity contribution in [3.63, 3.8) is 0 Å². The Morgan fingerprint density at radius 3 is 1.10 bits per heavy atom. The topological polar surface area (TPSA) is 235 Å². The molecule has 0 spiro atoms. The standard InChI is InChI=1S/C30H28N2O12S4/c1-45(35,36)25-13-7-21(8-14-25)29(33)31-23-11-5-19(27(17-23)47(39,40)41)3-4-20-6-12-24(18-28(20)48(42,43)44)32-30(34)22-9-15-26(16-10-22)46(2,37)38/h5-18H,3-4H2,1-2H3,(H,31,33)(H,32,34)(H,39,40,41)(H,42,43,44). The van der Waals surface area contributed by atoms with E-state index in [-0.39, 0.29) is 56.3 Å². The summed E-state index contributed by atoms with van der Waals surface area (Å²) in [6.07, 6.45) is 1.70. The second-order valence-electron chi connectivity index (χ2n) is 10.6. The first kappa shape index (κ1) is 36.4. The van der Waals surface area contributed by atoms with Gasteiger partial charge in [-0.3, -0.25) is 18.7 Å². The van der Waals surface area contributed by atoms with Crippen LogP contribution in [0.3, 0.4) is 0 Å². The molecular weight excluding hydrogens is 709 g/mol. The molecule has 0 atom stereocenters. The summed E-state index contributed by atoms with van der Waals surface area (Å²) >= 11 is 0. The zero-order valence-corrected chi connectivity index (χ0v) is 28.4. The van der Waals surface area contributed by atoms with Crippen LogP contribution in [0.1, 0.15) is 31.8 Å². The largest absolute Gasteiger partial charge is 0.322 e. The second kappa shape index (κ2) is 13.6. The van der Waals surface area contributed by atoms with Gasteiger partial charge in [0.25, 0.3) is 32.1 Å². The van der Waals surface area contributed by atoms with Crippen LogP contribution in [0.25, 0.3) is 0 Å². The van der Waals surface area contributed by atoms with E-state index < -0.39 is 61.5 Å². The first-order valence-corrected chi connectivity index (χ1v) is 20.2. The van der Waals surface area contributed by atoms with Gasteiger partial charge in [0.1, 0.15) is 0 Å². The van der Waals surface area contributed by atoms with E-state index in [0.29, 0.717) is 0 Å². The smallest absolute Gasteiger partial charge is 0.294 e. The van der Waals surface area contributed by atoms with E-state index in [1.807, 2.05) is 0 Å². The van der Waals surface area contributed by atoms with Crippen LogP contribution in [-0.4, -0.2) is 67.1 Å². The number of rotatable bonds is 11. The van der Waals surface area contributed by atoms with E-state index in [1.165, 1.54) is 72.8 Å². The van der Waals surface area contributed by atoms with Gasteiger partial charge in [0.2, 0.25) is 0 Å². The molecule has 4 aromatic rings. The molecule has 4 N–H and O–H groups in total. The van der Waals surface area contributed by atoms with Gasteiger partial charge >= 0.3 is 0 Å². The molecule has 0 heterocycles. The SMILES string of the molecule is CS(=O)(=O)c1ccc(C(=O)Nc2ccc(CCc3ccc(NC(=O)c4ccc(S(C)(=O)=O)cc4)cc3S(=O)(=O)O)c(S(=O)(=O)O)c2)cc1. The van der Waals surface area contributed by atoms with E-state index in [4.69, 9.17) is 0 Å². The summed E-state index contributed by atoms with van der Waals surface area (Å²) in [6, 6.07) is 17.3. The van der Waals surface area contributed by atoms with Crippen LogP contribution in [-0.2, 0) is 52.8 Å². The maximum absolute atomic E-state index is 12.7. The van der Waals surface area contributed by atoms with Crippen molar-refractivity contribution in [2.75, 3.05) is 23.1 Å². The highest BCUT2D eigenvalue weighted by atomic mass is 32.2. The molecule has 0 aliphatic carbocycles. The highest BCUT2D eigenvalue weighted by Crippen LogP contribution is 2.27. The van der Waals surface area contributed by atoms with Crippen molar-refractivity contribution in [3.8, 4) is 0 Å². The number of nitrogens with one attached hydrogen (secondary N) is 2. The molecule has 254 valence electrons. The molecule has 48 heavy (non-hydrogen) atoms. The average Bonchev–Trinajstić information content (AvgIpc) is 2.99. The van der Waals surface area contributed by atoms with Crippen LogP contribution in [0.5, 0.6) is 0 Å². The van der Waals surface area contributed by atoms with Crippen molar-refractivity contribution in [1.82, 2.24) is 0 Å². The summed E-state index contributed by atoms with van der Waals surface area (Å²) in [6.45, 7) is 0. The molecule has 2 amide bonds. The maximum atomic E-state index is 12.7. The number of aryl methyl sites for hydroxylation is 2. The molecule has 0 aromatic heterocycles. The monoisotopic (exact) mass is 736 g/mol. The summed E-state index contributed by atoms with van der Waals surface area (Å²) in [5.74, 6) is -1.39. The van der Waals surface area contributed by atoms with Gasteiger partial charge < -0.3 is 10.6 Å². The molecule has 4 rings (SSSR count). The molecule has 0 saturated heterocycles. The number of amides is 2. The molecule has 0 aliphatic rings. The molecule has 4 aromatic carbocycles. The molecule has 0 saturated carbocycles. The van der Waals surface area contributed by atoms with Crippen LogP contribution < -0.4 is 10.6 Å². The number of carbonyl (C=O) groups is 2. The third-order valence-electron chi connectivity index (χ3n) is 6.96. The number of hydrogen-bond acceptors (Lipinski definition) is 10. The molecule has 0 radical (unpaired) electrons. The molecule has 18 heteroatoms. The number of benzene rings is 4. The summed E-state index contributed by atoms with van der Waals surface area (Å²) in [4.78, 5) is 24.2. The minimum absolute atomic E-state index is 0.00700. The summed E-state index contributed by atoms with van der Waals surface area (Å²) in [5.41, 5.74) is 0.194. The molecule has 0 aliphatic heterocycles. The molecule has 0 bridgehead atoms. The van der Waals surface area contributed by atoms with Crippen LogP contribution in [0, 0.1) is 0 Å². The predicted molar refractivity (Wildman–Crippen MR) is 175 cm³/mol. The Hall–Kier alpha value is -4.46. The van der Waals surface area contributed by atoms with Crippen LogP contribution in [0.15, 0.2) is 105 Å². The van der Waals surface area contributed by atoms with E-state index in [9.17, 15) is 52.4 Å². The van der Waals surface area contributed by atoms with Gasteiger partial charge in [-0.1, -0.05) is 12.1 Å². The van der Waals surface area contributed by atoms with E-state index >= 15 is 0 Å². The Bertz CT molecular complexity index is 2190. The highest BCUT2D eigenvalue weighted by Gasteiger charge is 2.21. The van der Waals surface area contributed by atoms with Crippen molar-refractivity contribution in [2.45, 2.75) is 32.4 Å². The lowest BCUT2D eigenvalue weighted by Gasteiger charge is -2.13.